The van der Waals surface area contributed by atoms with E-state index in [-0.39, 0.29) is 12.5 Å². The Hall–Kier alpha value is -2.32. The lowest BCUT2D eigenvalue weighted by atomic mass is 10.1. The molecule has 0 radical (unpaired) electrons. The number of nitriles is 1. The van der Waals surface area contributed by atoms with Gasteiger partial charge in [0.25, 0.3) is 5.91 Å². The minimum atomic E-state index is -0.117. The average Bonchev–Trinajstić information content (AvgIpc) is 2.50. The van der Waals surface area contributed by atoms with E-state index >= 15 is 0 Å². The van der Waals surface area contributed by atoms with Gasteiger partial charge in [0.05, 0.1) is 23.9 Å². The topological polar surface area (TPSA) is 53.3 Å². The summed E-state index contributed by atoms with van der Waals surface area (Å²) in [6.07, 6.45) is 0. The Labute approximate surface area is 130 Å². The number of benzene rings is 2. The zero-order chi connectivity index (χ0) is 14.8. The third-order valence-electron chi connectivity index (χ3n) is 3.33. The van der Waals surface area contributed by atoms with E-state index in [9.17, 15) is 4.79 Å². The second kappa shape index (κ2) is 5.58. The van der Waals surface area contributed by atoms with Crippen molar-refractivity contribution in [1.29, 1.82) is 5.26 Å². The number of halogens is 1. The monoisotopic (exact) mass is 342 g/mol. The zero-order valence-electron chi connectivity index (χ0n) is 11.0. The first-order chi connectivity index (χ1) is 10.2. The Balaban J connectivity index is 2.01. The van der Waals surface area contributed by atoms with Crippen molar-refractivity contribution < 1.29 is 9.53 Å². The second-order valence-electron chi connectivity index (χ2n) is 4.65. The first-order valence-electron chi connectivity index (χ1n) is 6.40. The summed E-state index contributed by atoms with van der Waals surface area (Å²) in [6.45, 7) is 0.374. The standard InChI is InChI=1S/C16H11BrN2O2/c17-13-5-6-15-14(7-13)19(16(20)10-21-15)9-12-4-2-1-3-11(12)8-18/h1-7H,9-10H2. The number of carbonyl (C=O) groups excluding carboxylic acids is 1. The van der Waals surface area contributed by atoms with Gasteiger partial charge >= 0.3 is 0 Å². The summed E-state index contributed by atoms with van der Waals surface area (Å²) >= 11 is 3.41. The van der Waals surface area contributed by atoms with Gasteiger partial charge in [0.15, 0.2) is 6.61 Å². The number of nitrogens with zero attached hydrogens (tertiary/aromatic N) is 2. The van der Waals surface area contributed by atoms with E-state index in [2.05, 4.69) is 22.0 Å². The molecule has 0 fully saturated rings. The van der Waals surface area contributed by atoms with Crippen LogP contribution in [0.3, 0.4) is 0 Å². The molecular weight excluding hydrogens is 332 g/mol. The van der Waals surface area contributed by atoms with Gasteiger partial charge in [-0.05, 0) is 29.8 Å². The molecular formula is C16H11BrN2O2. The van der Waals surface area contributed by atoms with Crippen LogP contribution in [0.15, 0.2) is 46.9 Å². The van der Waals surface area contributed by atoms with Crippen molar-refractivity contribution in [2.24, 2.45) is 0 Å². The maximum absolute atomic E-state index is 12.2. The van der Waals surface area contributed by atoms with Crippen LogP contribution in [0.1, 0.15) is 11.1 Å². The first-order valence-corrected chi connectivity index (χ1v) is 7.19. The number of hydrogen-bond acceptors (Lipinski definition) is 3. The van der Waals surface area contributed by atoms with Crippen LogP contribution in [-0.4, -0.2) is 12.5 Å². The van der Waals surface area contributed by atoms with E-state index in [0.29, 0.717) is 23.5 Å². The van der Waals surface area contributed by atoms with Gasteiger partial charge in [0.2, 0.25) is 0 Å². The summed E-state index contributed by atoms with van der Waals surface area (Å²) in [5.41, 5.74) is 2.11. The molecule has 21 heavy (non-hydrogen) atoms. The molecule has 1 heterocycles. The molecule has 0 spiro atoms. The maximum Gasteiger partial charge on any atom is 0.265 e. The van der Waals surface area contributed by atoms with Crippen molar-refractivity contribution in [1.82, 2.24) is 0 Å². The molecule has 0 aliphatic carbocycles. The van der Waals surface area contributed by atoms with Crippen LogP contribution in [0.2, 0.25) is 0 Å². The molecule has 5 heteroatoms. The van der Waals surface area contributed by atoms with Crippen LogP contribution >= 0.6 is 15.9 Å². The van der Waals surface area contributed by atoms with E-state index < -0.39 is 0 Å². The van der Waals surface area contributed by atoms with Gasteiger partial charge in [-0.2, -0.15) is 5.26 Å². The summed E-state index contributed by atoms with van der Waals surface area (Å²) in [6, 6.07) is 15.0. The highest BCUT2D eigenvalue weighted by Gasteiger charge is 2.26. The fourth-order valence-corrected chi connectivity index (χ4v) is 2.64. The molecule has 0 saturated heterocycles. The van der Waals surface area contributed by atoms with E-state index in [1.807, 2.05) is 36.4 Å². The normalized spacial score (nSPS) is 13.3. The lowest BCUT2D eigenvalue weighted by Crippen LogP contribution is -2.38. The second-order valence-corrected chi connectivity index (χ2v) is 5.57. The largest absolute Gasteiger partial charge is 0.482 e. The van der Waals surface area contributed by atoms with Crippen molar-refractivity contribution >= 4 is 27.5 Å². The first kappa shape index (κ1) is 13.7. The SMILES string of the molecule is N#Cc1ccccc1CN1C(=O)COc2ccc(Br)cc21. The highest BCUT2D eigenvalue weighted by molar-refractivity contribution is 9.10. The molecule has 4 nitrogen and oxygen atoms in total. The van der Waals surface area contributed by atoms with E-state index in [0.717, 1.165) is 10.0 Å². The Morgan fingerprint density at radius 1 is 1.29 bits per heavy atom. The predicted molar refractivity (Wildman–Crippen MR) is 82.0 cm³/mol. The molecule has 0 saturated carbocycles. The molecule has 1 aliphatic heterocycles. The van der Waals surface area contributed by atoms with E-state index in [4.69, 9.17) is 10.00 Å². The van der Waals surface area contributed by atoms with Crippen molar-refractivity contribution in [2.45, 2.75) is 6.54 Å². The molecule has 0 aromatic heterocycles. The molecule has 0 atom stereocenters. The van der Waals surface area contributed by atoms with Crippen molar-refractivity contribution in [3.05, 3.63) is 58.1 Å². The fraction of sp³-hybridized carbons (Fsp3) is 0.125. The number of carbonyl (C=O) groups is 1. The van der Waals surface area contributed by atoms with Gasteiger partial charge in [-0.3, -0.25) is 4.79 Å². The zero-order valence-corrected chi connectivity index (χ0v) is 12.6. The third kappa shape index (κ3) is 2.63. The minimum Gasteiger partial charge on any atom is -0.482 e. The van der Waals surface area contributed by atoms with Crippen LogP contribution in [-0.2, 0) is 11.3 Å². The number of amides is 1. The third-order valence-corrected chi connectivity index (χ3v) is 3.82. The average molecular weight is 343 g/mol. The minimum absolute atomic E-state index is 0.0172. The molecule has 0 unspecified atom stereocenters. The maximum atomic E-state index is 12.2. The smallest absolute Gasteiger partial charge is 0.265 e. The van der Waals surface area contributed by atoms with Gasteiger partial charge in [-0.15, -0.1) is 0 Å². The number of hydrogen-bond donors (Lipinski definition) is 0. The molecule has 104 valence electrons. The van der Waals surface area contributed by atoms with Crippen molar-refractivity contribution in [2.75, 3.05) is 11.5 Å². The molecule has 1 amide bonds. The fourth-order valence-electron chi connectivity index (χ4n) is 2.29. The number of ether oxygens (including phenoxy) is 1. The van der Waals surface area contributed by atoms with Gasteiger partial charge in [0, 0.05) is 4.47 Å². The molecule has 0 N–H and O–H groups in total. The summed E-state index contributed by atoms with van der Waals surface area (Å²) in [5, 5.41) is 9.17. The Morgan fingerprint density at radius 3 is 2.90 bits per heavy atom. The van der Waals surface area contributed by atoms with Crippen LogP contribution in [0, 0.1) is 11.3 Å². The van der Waals surface area contributed by atoms with E-state index in [1.54, 1.807) is 11.0 Å². The van der Waals surface area contributed by atoms with Crippen LogP contribution in [0.25, 0.3) is 0 Å². The Kier molecular flexibility index (Phi) is 3.63. The summed E-state index contributed by atoms with van der Waals surface area (Å²) < 4.78 is 6.31. The van der Waals surface area contributed by atoms with Crippen molar-refractivity contribution in [3.63, 3.8) is 0 Å². The van der Waals surface area contributed by atoms with Crippen molar-refractivity contribution in [3.8, 4) is 11.8 Å². The molecule has 0 bridgehead atoms. The molecule has 3 rings (SSSR count). The Bertz CT molecular complexity index is 752. The number of fused-ring (bicyclic) bond motifs is 1. The summed E-state index contributed by atoms with van der Waals surface area (Å²) in [5.74, 6) is 0.556. The quantitative estimate of drug-likeness (QED) is 0.841. The van der Waals surface area contributed by atoms with Gasteiger partial charge < -0.3 is 9.64 Å². The van der Waals surface area contributed by atoms with Gasteiger partial charge in [0.1, 0.15) is 5.75 Å². The predicted octanol–water partition coefficient (Wildman–Crippen LogP) is 3.25. The van der Waals surface area contributed by atoms with Crippen LogP contribution in [0.5, 0.6) is 5.75 Å². The van der Waals surface area contributed by atoms with E-state index in [1.165, 1.54) is 0 Å². The lowest BCUT2D eigenvalue weighted by Gasteiger charge is -2.29. The number of rotatable bonds is 2. The summed E-state index contributed by atoms with van der Waals surface area (Å²) in [4.78, 5) is 13.8. The lowest BCUT2D eigenvalue weighted by molar-refractivity contribution is -0.121. The number of anilines is 1. The highest BCUT2D eigenvalue weighted by Crippen LogP contribution is 2.35. The summed E-state index contributed by atoms with van der Waals surface area (Å²) in [7, 11) is 0. The van der Waals surface area contributed by atoms with Gasteiger partial charge in [-0.25, -0.2) is 0 Å². The molecule has 1 aliphatic rings. The molecule has 2 aromatic carbocycles. The van der Waals surface area contributed by atoms with Crippen LogP contribution in [0.4, 0.5) is 5.69 Å². The van der Waals surface area contributed by atoms with Crippen LogP contribution < -0.4 is 9.64 Å². The van der Waals surface area contributed by atoms with Gasteiger partial charge in [-0.1, -0.05) is 34.1 Å². The molecule has 2 aromatic rings. The highest BCUT2D eigenvalue weighted by atomic mass is 79.9. The Morgan fingerprint density at radius 2 is 2.10 bits per heavy atom.